The van der Waals surface area contributed by atoms with Crippen LogP contribution in [-0.2, 0) is 0 Å². The van der Waals surface area contributed by atoms with Gasteiger partial charge in [-0.15, -0.1) is 0 Å². The molecule has 0 radical (unpaired) electrons. The van der Waals surface area contributed by atoms with Gasteiger partial charge in [0.05, 0.1) is 16.2 Å². The van der Waals surface area contributed by atoms with E-state index in [0.29, 0.717) is 10.9 Å². The van der Waals surface area contributed by atoms with E-state index in [1.807, 2.05) is 0 Å². The lowest BCUT2D eigenvalue weighted by atomic mass is 10.1. The largest absolute Gasteiger partial charge is 0.398 e. The third-order valence-electron chi connectivity index (χ3n) is 3.06. The number of nitrogens with zero attached hydrogens (tertiary/aromatic N) is 1. The number of aromatic nitrogens is 1. The minimum absolute atomic E-state index is 0.104. The maximum absolute atomic E-state index is 14.2. The van der Waals surface area contributed by atoms with E-state index in [1.54, 1.807) is 12.1 Å². The van der Waals surface area contributed by atoms with Crippen molar-refractivity contribution in [2.45, 2.75) is 0 Å². The van der Waals surface area contributed by atoms with E-state index in [4.69, 9.17) is 17.3 Å². The molecule has 0 amide bonds. The molecule has 0 saturated carbocycles. The van der Waals surface area contributed by atoms with Crippen molar-refractivity contribution in [2.24, 2.45) is 0 Å². The minimum Gasteiger partial charge on any atom is -0.398 e. The van der Waals surface area contributed by atoms with Crippen LogP contribution in [0.1, 0.15) is 0 Å². The van der Waals surface area contributed by atoms with Crippen LogP contribution in [0.25, 0.3) is 10.9 Å². The molecule has 0 spiro atoms. The van der Waals surface area contributed by atoms with Gasteiger partial charge in [-0.1, -0.05) is 11.6 Å². The van der Waals surface area contributed by atoms with Gasteiger partial charge >= 0.3 is 0 Å². The maximum atomic E-state index is 14.2. The maximum Gasteiger partial charge on any atom is 0.150 e. The van der Waals surface area contributed by atoms with Crippen LogP contribution in [0.4, 0.5) is 25.8 Å². The Balaban J connectivity index is 2.19. The van der Waals surface area contributed by atoms with Crippen molar-refractivity contribution in [3.05, 3.63) is 59.3 Å². The molecule has 1 aromatic heterocycles. The first kappa shape index (κ1) is 13.6. The summed E-state index contributed by atoms with van der Waals surface area (Å²) in [5.41, 5.74) is 6.78. The summed E-state index contributed by atoms with van der Waals surface area (Å²) in [6.45, 7) is 0. The summed E-state index contributed by atoms with van der Waals surface area (Å²) in [4.78, 5) is 4.13. The number of hydrogen-bond acceptors (Lipinski definition) is 3. The monoisotopic (exact) mass is 305 g/mol. The number of nitrogens with one attached hydrogen (secondary N) is 1. The molecule has 0 fully saturated rings. The van der Waals surface area contributed by atoms with Crippen molar-refractivity contribution >= 4 is 39.6 Å². The van der Waals surface area contributed by atoms with Gasteiger partial charge in [0.15, 0.2) is 5.82 Å². The van der Waals surface area contributed by atoms with E-state index in [0.717, 1.165) is 0 Å². The van der Waals surface area contributed by atoms with E-state index in [1.165, 1.54) is 30.5 Å². The van der Waals surface area contributed by atoms with Gasteiger partial charge in [-0.25, -0.2) is 8.78 Å². The Labute approximate surface area is 124 Å². The lowest BCUT2D eigenvalue weighted by molar-refractivity contribution is 0.627. The summed E-state index contributed by atoms with van der Waals surface area (Å²) in [6, 6.07) is 8.44. The van der Waals surface area contributed by atoms with Gasteiger partial charge in [0, 0.05) is 17.3 Å². The molecule has 0 unspecified atom stereocenters. The fourth-order valence-corrected chi connectivity index (χ4v) is 2.25. The molecule has 3 rings (SSSR count). The molecule has 3 nitrogen and oxygen atoms in total. The average Bonchev–Trinajstić information content (AvgIpc) is 2.47. The molecule has 6 heteroatoms. The van der Waals surface area contributed by atoms with Crippen LogP contribution in [-0.4, -0.2) is 4.98 Å². The summed E-state index contributed by atoms with van der Waals surface area (Å²) in [5.74, 6) is -1.06. The zero-order valence-electron chi connectivity index (χ0n) is 10.7. The Hall–Kier alpha value is -2.40. The summed E-state index contributed by atoms with van der Waals surface area (Å²) in [6.07, 6.45) is 1.53. The predicted octanol–water partition coefficient (Wildman–Crippen LogP) is 4.49. The third-order valence-corrected chi connectivity index (χ3v) is 3.39. The van der Waals surface area contributed by atoms with Crippen LogP contribution in [0.3, 0.4) is 0 Å². The molecule has 21 heavy (non-hydrogen) atoms. The van der Waals surface area contributed by atoms with Gasteiger partial charge in [-0.05, 0) is 36.4 Å². The molecular weight excluding hydrogens is 296 g/mol. The second-order valence-electron chi connectivity index (χ2n) is 4.47. The number of rotatable bonds is 2. The molecule has 0 atom stereocenters. The van der Waals surface area contributed by atoms with E-state index in [-0.39, 0.29) is 22.1 Å². The van der Waals surface area contributed by atoms with Crippen molar-refractivity contribution in [1.82, 2.24) is 4.98 Å². The molecule has 3 N–H and O–H groups in total. The zero-order valence-corrected chi connectivity index (χ0v) is 11.5. The molecule has 106 valence electrons. The second kappa shape index (κ2) is 5.18. The third kappa shape index (κ3) is 2.48. The summed E-state index contributed by atoms with van der Waals surface area (Å²) in [5, 5.41) is 3.67. The van der Waals surface area contributed by atoms with E-state index < -0.39 is 11.6 Å². The SMILES string of the molecule is Nc1cc(F)c(Nc2cc(F)ccc2Cl)c2ncccc12. The van der Waals surface area contributed by atoms with Crippen LogP contribution in [0.2, 0.25) is 5.02 Å². The summed E-state index contributed by atoms with van der Waals surface area (Å²) >= 11 is 5.98. The number of nitrogen functional groups attached to an aromatic ring is 1. The Morgan fingerprint density at radius 3 is 2.76 bits per heavy atom. The highest BCUT2D eigenvalue weighted by Gasteiger charge is 2.13. The number of pyridine rings is 1. The molecular formula is C15H10ClF2N3. The van der Waals surface area contributed by atoms with Gasteiger partial charge in [-0.3, -0.25) is 4.98 Å². The van der Waals surface area contributed by atoms with Crippen molar-refractivity contribution in [3.63, 3.8) is 0 Å². The first-order valence-electron chi connectivity index (χ1n) is 6.11. The zero-order chi connectivity index (χ0) is 15.0. The molecule has 0 aliphatic carbocycles. The molecule has 1 heterocycles. The van der Waals surface area contributed by atoms with Crippen LogP contribution >= 0.6 is 11.6 Å². The smallest absolute Gasteiger partial charge is 0.150 e. The molecule has 2 aromatic carbocycles. The number of anilines is 3. The van der Waals surface area contributed by atoms with Gasteiger partial charge in [0.1, 0.15) is 11.5 Å². The second-order valence-corrected chi connectivity index (χ2v) is 4.88. The van der Waals surface area contributed by atoms with E-state index >= 15 is 0 Å². The number of halogens is 3. The normalized spacial score (nSPS) is 10.8. The highest BCUT2D eigenvalue weighted by atomic mass is 35.5. The first-order valence-corrected chi connectivity index (χ1v) is 6.49. The average molecular weight is 306 g/mol. The van der Waals surface area contributed by atoms with E-state index in [2.05, 4.69) is 10.3 Å². The number of hydrogen-bond donors (Lipinski definition) is 2. The van der Waals surface area contributed by atoms with Gasteiger partial charge in [-0.2, -0.15) is 0 Å². The Bertz CT molecular complexity index is 837. The fourth-order valence-electron chi connectivity index (χ4n) is 2.08. The Morgan fingerprint density at radius 2 is 1.95 bits per heavy atom. The number of fused-ring (bicyclic) bond motifs is 1. The van der Waals surface area contributed by atoms with Crippen molar-refractivity contribution in [2.75, 3.05) is 11.1 Å². The van der Waals surface area contributed by atoms with Crippen LogP contribution in [0.5, 0.6) is 0 Å². The van der Waals surface area contributed by atoms with Crippen LogP contribution in [0.15, 0.2) is 42.6 Å². The van der Waals surface area contributed by atoms with Crippen molar-refractivity contribution in [3.8, 4) is 0 Å². The minimum atomic E-state index is -0.584. The van der Waals surface area contributed by atoms with Gasteiger partial charge in [0.25, 0.3) is 0 Å². The molecule has 0 saturated heterocycles. The highest BCUT2D eigenvalue weighted by molar-refractivity contribution is 6.33. The molecule has 3 aromatic rings. The van der Waals surface area contributed by atoms with Crippen molar-refractivity contribution < 1.29 is 8.78 Å². The topological polar surface area (TPSA) is 50.9 Å². The van der Waals surface area contributed by atoms with Gasteiger partial charge < -0.3 is 11.1 Å². The number of nitrogens with two attached hydrogens (primary N) is 1. The van der Waals surface area contributed by atoms with Crippen molar-refractivity contribution in [1.29, 1.82) is 0 Å². The van der Waals surface area contributed by atoms with E-state index in [9.17, 15) is 8.78 Å². The molecule has 0 aliphatic rings. The van der Waals surface area contributed by atoms with Crippen LogP contribution in [0, 0.1) is 11.6 Å². The standard InChI is InChI=1S/C15H10ClF2N3/c16-10-4-3-8(17)6-13(10)21-15-11(18)7-12(19)9-2-1-5-20-14(9)15/h1-7,21H,19H2. The fraction of sp³-hybridized carbons (Fsp3) is 0. The molecule has 0 bridgehead atoms. The quantitative estimate of drug-likeness (QED) is 0.686. The first-order chi connectivity index (χ1) is 10.1. The predicted molar refractivity (Wildman–Crippen MR) is 80.8 cm³/mol. The van der Waals surface area contributed by atoms with Gasteiger partial charge in [0.2, 0.25) is 0 Å². The summed E-state index contributed by atoms with van der Waals surface area (Å²) < 4.78 is 27.5. The number of benzene rings is 2. The van der Waals surface area contributed by atoms with Crippen LogP contribution < -0.4 is 11.1 Å². The molecule has 0 aliphatic heterocycles. The highest BCUT2D eigenvalue weighted by Crippen LogP contribution is 2.34. The Kier molecular flexibility index (Phi) is 3.35. The lowest BCUT2D eigenvalue weighted by Gasteiger charge is -2.13. The Morgan fingerprint density at radius 1 is 1.14 bits per heavy atom. The summed E-state index contributed by atoms with van der Waals surface area (Å²) in [7, 11) is 0. The lowest BCUT2D eigenvalue weighted by Crippen LogP contribution is -2.00.